The van der Waals surface area contributed by atoms with Crippen LogP contribution in [0.1, 0.15) is 12.5 Å². The molecule has 2 nitrogen and oxygen atoms in total. The lowest BCUT2D eigenvalue weighted by molar-refractivity contribution is 0.340. The van der Waals surface area contributed by atoms with Crippen molar-refractivity contribution in [2.75, 3.05) is 18.1 Å². The van der Waals surface area contributed by atoms with E-state index in [0.29, 0.717) is 18.2 Å². The van der Waals surface area contributed by atoms with Gasteiger partial charge < -0.3 is 10.5 Å². The third kappa shape index (κ3) is 3.93. The first-order valence-corrected chi connectivity index (χ1v) is 6.50. The smallest absolute Gasteiger partial charge is 0.142 e. The van der Waals surface area contributed by atoms with Crippen molar-refractivity contribution in [3.05, 3.63) is 28.8 Å². The van der Waals surface area contributed by atoms with Crippen LogP contribution in [-0.4, -0.2) is 18.1 Å². The summed E-state index contributed by atoms with van der Waals surface area (Å²) in [7, 11) is 0. The number of rotatable bonds is 6. The molecule has 0 saturated carbocycles. The van der Waals surface area contributed by atoms with Crippen molar-refractivity contribution in [1.29, 1.82) is 0 Å². The summed E-state index contributed by atoms with van der Waals surface area (Å²) < 4.78 is 5.63. The van der Waals surface area contributed by atoms with Gasteiger partial charge in [-0.25, -0.2) is 0 Å². The van der Waals surface area contributed by atoms with Crippen LogP contribution in [0.15, 0.2) is 18.2 Å². The van der Waals surface area contributed by atoms with Gasteiger partial charge in [0.15, 0.2) is 0 Å². The molecule has 4 heteroatoms. The summed E-state index contributed by atoms with van der Waals surface area (Å²) in [5, 5.41) is 0.638. The number of benzene rings is 1. The Morgan fingerprint density at radius 3 is 2.93 bits per heavy atom. The molecule has 0 spiro atoms. The third-order valence-electron chi connectivity index (χ3n) is 1.95. The highest BCUT2D eigenvalue weighted by Gasteiger charge is 2.06. The van der Waals surface area contributed by atoms with Crippen LogP contribution in [0.2, 0.25) is 5.02 Å². The highest BCUT2D eigenvalue weighted by atomic mass is 35.5. The van der Waals surface area contributed by atoms with Crippen LogP contribution < -0.4 is 10.5 Å². The number of para-hydroxylation sites is 1. The molecule has 0 amide bonds. The minimum absolute atomic E-state index is 0.455. The summed E-state index contributed by atoms with van der Waals surface area (Å²) in [5.41, 5.74) is 6.57. The van der Waals surface area contributed by atoms with E-state index < -0.39 is 0 Å². The molecule has 15 heavy (non-hydrogen) atoms. The number of thioether (sulfide) groups is 1. The molecule has 1 rings (SSSR count). The fourth-order valence-electron chi connectivity index (χ4n) is 1.22. The van der Waals surface area contributed by atoms with Gasteiger partial charge in [0.05, 0.1) is 11.6 Å². The number of nitrogens with two attached hydrogens (primary N) is 1. The SMILES string of the molecule is CCSCCOc1c(Cl)cccc1CN. The average Bonchev–Trinajstić information content (AvgIpc) is 2.26. The quantitative estimate of drug-likeness (QED) is 0.783. The van der Waals surface area contributed by atoms with Gasteiger partial charge in [-0.3, -0.25) is 0 Å². The van der Waals surface area contributed by atoms with Gasteiger partial charge in [0.25, 0.3) is 0 Å². The second-order valence-electron chi connectivity index (χ2n) is 2.98. The first-order chi connectivity index (χ1) is 7.29. The summed E-state index contributed by atoms with van der Waals surface area (Å²) in [6, 6.07) is 5.65. The highest BCUT2D eigenvalue weighted by Crippen LogP contribution is 2.28. The molecule has 0 aliphatic rings. The number of hydrogen-bond donors (Lipinski definition) is 1. The zero-order valence-corrected chi connectivity index (χ0v) is 10.4. The Hall–Kier alpha value is -0.380. The fourth-order valence-corrected chi connectivity index (χ4v) is 1.96. The van der Waals surface area contributed by atoms with E-state index in [9.17, 15) is 0 Å². The van der Waals surface area contributed by atoms with E-state index in [1.54, 1.807) is 0 Å². The van der Waals surface area contributed by atoms with Gasteiger partial charge in [-0.2, -0.15) is 11.8 Å². The predicted molar refractivity (Wildman–Crippen MR) is 67.8 cm³/mol. The lowest BCUT2D eigenvalue weighted by Crippen LogP contribution is -2.05. The van der Waals surface area contributed by atoms with Gasteiger partial charge >= 0.3 is 0 Å². The minimum Gasteiger partial charge on any atom is -0.491 e. The van der Waals surface area contributed by atoms with Gasteiger partial charge in [-0.1, -0.05) is 30.7 Å². The molecule has 0 aromatic heterocycles. The van der Waals surface area contributed by atoms with Crippen molar-refractivity contribution in [1.82, 2.24) is 0 Å². The standard InChI is InChI=1S/C11H16ClNOS/c1-2-15-7-6-14-11-9(8-13)4-3-5-10(11)12/h3-5H,2,6-8,13H2,1H3. The molecule has 0 atom stereocenters. The molecule has 0 fully saturated rings. The lowest BCUT2D eigenvalue weighted by Gasteiger charge is -2.11. The number of ether oxygens (including phenoxy) is 1. The van der Waals surface area contributed by atoms with Crippen molar-refractivity contribution in [3.63, 3.8) is 0 Å². The first-order valence-electron chi connectivity index (χ1n) is 4.97. The maximum Gasteiger partial charge on any atom is 0.142 e. The van der Waals surface area contributed by atoms with E-state index in [-0.39, 0.29) is 0 Å². The van der Waals surface area contributed by atoms with Gasteiger partial charge in [-0.15, -0.1) is 0 Å². The lowest BCUT2D eigenvalue weighted by atomic mass is 10.2. The van der Waals surface area contributed by atoms with Crippen LogP contribution in [0.3, 0.4) is 0 Å². The second kappa shape index (κ2) is 6.99. The zero-order valence-electron chi connectivity index (χ0n) is 8.83. The van der Waals surface area contributed by atoms with Gasteiger partial charge in [0, 0.05) is 17.9 Å². The van der Waals surface area contributed by atoms with E-state index in [0.717, 1.165) is 22.8 Å². The Labute approximate surface area is 100 Å². The molecular weight excluding hydrogens is 230 g/mol. The van der Waals surface area contributed by atoms with Crippen LogP contribution >= 0.6 is 23.4 Å². The van der Waals surface area contributed by atoms with E-state index in [4.69, 9.17) is 22.1 Å². The molecule has 2 N–H and O–H groups in total. The molecule has 0 aliphatic heterocycles. The van der Waals surface area contributed by atoms with E-state index in [1.807, 2.05) is 30.0 Å². The van der Waals surface area contributed by atoms with Crippen molar-refractivity contribution in [3.8, 4) is 5.75 Å². The molecule has 0 aliphatic carbocycles. The number of hydrogen-bond acceptors (Lipinski definition) is 3. The van der Waals surface area contributed by atoms with E-state index in [2.05, 4.69) is 6.92 Å². The molecule has 0 saturated heterocycles. The van der Waals surface area contributed by atoms with Crippen molar-refractivity contribution < 1.29 is 4.74 Å². The van der Waals surface area contributed by atoms with Crippen molar-refractivity contribution in [2.45, 2.75) is 13.5 Å². The van der Waals surface area contributed by atoms with E-state index >= 15 is 0 Å². The Bertz CT molecular complexity index is 307. The maximum absolute atomic E-state index is 6.03. The molecule has 0 unspecified atom stereocenters. The largest absolute Gasteiger partial charge is 0.491 e. The summed E-state index contributed by atoms with van der Waals surface area (Å²) in [6.07, 6.45) is 0. The molecule has 84 valence electrons. The third-order valence-corrected chi connectivity index (χ3v) is 3.11. The van der Waals surface area contributed by atoms with Crippen molar-refractivity contribution in [2.24, 2.45) is 5.73 Å². The molecule has 0 radical (unpaired) electrons. The Morgan fingerprint density at radius 2 is 2.27 bits per heavy atom. The second-order valence-corrected chi connectivity index (χ2v) is 4.78. The van der Waals surface area contributed by atoms with E-state index in [1.165, 1.54) is 0 Å². The molecule has 1 aromatic carbocycles. The summed E-state index contributed by atoms with van der Waals surface area (Å²) in [5.74, 6) is 2.82. The topological polar surface area (TPSA) is 35.2 Å². The molecular formula is C11H16ClNOS. The maximum atomic E-state index is 6.03. The van der Waals surface area contributed by atoms with Crippen LogP contribution in [0.4, 0.5) is 0 Å². The molecule has 0 heterocycles. The molecule has 1 aromatic rings. The summed E-state index contributed by atoms with van der Waals surface area (Å²) >= 11 is 7.88. The monoisotopic (exact) mass is 245 g/mol. The van der Waals surface area contributed by atoms with Gasteiger partial charge in [-0.05, 0) is 11.8 Å². The normalized spacial score (nSPS) is 10.3. The Morgan fingerprint density at radius 1 is 1.47 bits per heavy atom. The minimum atomic E-state index is 0.455. The van der Waals surface area contributed by atoms with Crippen LogP contribution in [0.25, 0.3) is 0 Å². The Kier molecular flexibility index (Phi) is 5.91. The predicted octanol–water partition coefficient (Wildman–Crippen LogP) is 2.93. The first kappa shape index (κ1) is 12.7. The van der Waals surface area contributed by atoms with Crippen LogP contribution in [0.5, 0.6) is 5.75 Å². The van der Waals surface area contributed by atoms with Crippen LogP contribution in [-0.2, 0) is 6.54 Å². The average molecular weight is 246 g/mol. The van der Waals surface area contributed by atoms with Crippen LogP contribution in [0, 0.1) is 0 Å². The zero-order chi connectivity index (χ0) is 11.1. The Balaban J connectivity index is 2.58. The van der Waals surface area contributed by atoms with Gasteiger partial charge in [0.2, 0.25) is 0 Å². The van der Waals surface area contributed by atoms with Gasteiger partial charge in [0.1, 0.15) is 5.75 Å². The molecule has 0 bridgehead atoms. The highest BCUT2D eigenvalue weighted by molar-refractivity contribution is 7.99. The fraction of sp³-hybridized carbons (Fsp3) is 0.455. The van der Waals surface area contributed by atoms with Crippen molar-refractivity contribution >= 4 is 23.4 Å². The number of halogens is 1. The summed E-state index contributed by atoms with van der Waals surface area (Å²) in [4.78, 5) is 0. The summed E-state index contributed by atoms with van der Waals surface area (Å²) in [6.45, 7) is 3.26.